The van der Waals surface area contributed by atoms with Crippen LogP contribution in [0.15, 0.2) is 0 Å². The molecule has 0 unspecified atom stereocenters. The van der Waals surface area contributed by atoms with Gasteiger partial charge in [-0.3, -0.25) is 4.79 Å². The number of anilines is 1. The Morgan fingerprint density at radius 1 is 1.20 bits per heavy atom. The average Bonchev–Trinajstić information content (AvgIpc) is 2.18. The van der Waals surface area contributed by atoms with E-state index in [1.165, 1.54) is 6.92 Å². The normalized spacial score (nSPS) is 9.80. The summed E-state index contributed by atoms with van der Waals surface area (Å²) < 4.78 is 0. The second-order valence-corrected chi connectivity index (χ2v) is 3.22. The van der Waals surface area contributed by atoms with Gasteiger partial charge in [0.15, 0.2) is 0 Å². The van der Waals surface area contributed by atoms with Crippen LogP contribution in [0.4, 0.5) is 5.95 Å². The van der Waals surface area contributed by atoms with E-state index in [9.17, 15) is 4.79 Å². The molecule has 15 heavy (non-hydrogen) atoms. The highest BCUT2D eigenvalue weighted by Gasteiger charge is 2.00. The van der Waals surface area contributed by atoms with Crippen molar-refractivity contribution in [1.82, 2.24) is 20.5 Å². The van der Waals surface area contributed by atoms with Crippen LogP contribution in [0.2, 0.25) is 0 Å². The van der Waals surface area contributed by atoms with Crippen molar-refractivity contribution in [1.29, 1.82) is 0 Å². The standard InChI is InChI=1S/C9H15N5O/c1-6-7(2)13-14-9(12-6)11-5-4-10-8(3)15/h4-5H2,1-3H3,(H,10,15)(H,11,12,14). The van der Waals surface area contributed by atoms with E-state index in [1.54, 1.807) is 0 Å². The van der Waals surface area contributed by atoms with Crippen LogP contribution >= 0.6 is 0 Å². The van der Waals surface area contributed by atoms with Crippen LogP contribution < -0.4 is 10.6 Å². The minimum Gasteiger partial charge on any atom is -0.355 e. The Labute approximate surface area is 88.5 Å². The van der Waals surface area contributed by atoms with Gasteiger partial charge in [0.1, 0.15) is 0 Å². The Morgan fingerprint density at radius 2 is 1.93 bits per heavy atom. The molecular formula is C9H15N5O. The van der Waals surface area contributed by atoms with Crippen LogP contribution in [0, 0.1) is 13.8 Å². The molecule has 6 nitrogen and oxygen atoms in total. The number of nitrogens with zero attached hydrogens (tertiary/aromatic N) is 3. The van der Waals surface area contributed by atoms with Crippen LogP contribution in [0.5, 0.6) is 0 Å². The molecule has 0 radical (unpaired) electrons. The van der Waals surface area contributed by atoms with Crippen molar-refractivity contribution in [2.24, 2.45) is 0 Å². The van der Waals surface area contributed by atoms with Crippen molar-refractivity contribution >= 4 is 11.9 Å². The zero-order valence-corrected chi connectivity index (χ0v) is 9.16. The predicted octanol–water partition coefficient (Wildman–Crippen LogP) is 0.0364. The van der Waals surface area contributed by atoms with E-state index in [-0.39, 0.29) is 5.91 Å². The second-order valence-electron chi connectivity index (χ2n) is 3.22. The lowest BCUT2D eigenvalue weighted by molar-refractivity contribution is -0.118. The van der Waals surface area contributed by atoms with Crippen LogP contribution in [-0.2, 0) is 4.79 Å². The fourth-order valence-electron chi connectivity index (χ4n) is 0.945. The molecule has 0 aliphatic rings. The number of hydrogen-bond acceptors (Lipinski definition) is 5. The lowest BCUT2D eigenvalue weighted by Crippen LogP contribution is -2.26. The number of nitrogens with one attached hydrogen (secondary N) is 2. The maximum absolute atomic E-state index is 10.6. The van der Waals surface area contributed by atoms with Crippen LogP contribution in [0.3, 0.4) is 0 Å². The minimum absolute atomic E-state index is 0.0454. The molecule has 82 valence electrons. The number of carbonyl (C=O) groups is 1. The van der Waals surface area contributed by atoms with Gasteiger partial charge in [0.05, 0.1) is 11.4 Å². The summed E-state index contributed by atoms with van der Waals surface area (Å²) in [5.74, 6) is 0.444. The molecule has 1 aromatic rings. The molecule has 0 aliphatic heterocycles. The first-order valence-electron chi connectivity index (χ1n) is 4.76. The van der Waals surface area contributed by atoms with Gasteiger partial charge in [-0.05, 0) is 13.8 Å². The maximum Gasteiger partial charge on any atom is 0.243 e. The number of aromatic nitrogens is 3. The Hall–Kier alpha value is -1.72. The molecule has 0 spiro atoms. The van der Waals surface area contributed by atoms with E-state index in [2.05, 4.69) is 25.8 Å². The number of amides is 1. The maximum atomic E-state index is 10.6. The van der Waals surface area contributed by atoms with E-state index in [0.29, 0.717) is 19.0 Å². The number of rotatable bonds is 4. The molecule has 1 rings (SSSR count). The molecule has 1 heterocycles. The third-order valence-electron chi connectivity index (χ3n) is 1.87. The summed E-state index contributed by atoms with van der Waals surface area (Å²) in [6.45, 7) is 6.35. The zero-order valence-electron chi connectivity index (χ0n) is 9.16. The molecule has 0 saturated heterocycles. The first-order valence-corrected chi connectivity index (χ1v) is 4.76. The highest BCUT2D eigenvalue weighted by molar-refractivity contribution is 5.72. The molecular weight excluding hydrogens is 194 g/mol. The fraction of sp³-hybridized carbons (Fsp3) is 0.556. The van der Waals surface area contributed by atoms with Gasteiger partial charge in [-0.2, -0.15) is 5.10 Å². The van der Waals surface area contributed by atoms with Crippen molar-refractivity contribution in [2.45, 2.75) is 20.8 Å². The summed E-state index contributed by atoms with van der Waals surface area (Å²) in [4.78, 5) is 14.8. The van der Waals surface area contributed by atoms with Crippen molar-refractivity contribution in [3.8, 4) is 0 Å². The van der Waals surface area contributed by atoms with Crippen LogP contribution in [0.25, 0.3) is 0 Å². The van der Waals surface area contributed by atoms with E-state index in [4.69, 9.17) is 0 Å². The number of hydrogen-bond donors (Lipinski definition) is 2. The fourth-order valence-corrected chi connectivity index (χ4v) is 0.945. The summed E-state index contributed by atoms with van der Waals surface area (Å²) in [7, 11) is 0. The molecule has 1 amide bonds. The van der Waals surface area contributed by atoms with Crippen molar-refractivity contribution < 1.29 is 4.79 Å². The van der Waals surface area contributed by atoms with Gasteiger partial charge in [-0.1, -0.05) is 0 Å². The highest BCUT2D eigenvalue weighted by Crippen LogP contribution is 2.00. The Balaban J connectivity index is 2.38. The molecule has 0 saturated carbocycles. The minimum atomic E-state index is -0.0454. The Kier molecular flexibility index (Phi) is 3.96. The molecule has 0 aliphatic carbocycles. The van der Waals surface area contributed by atoms with E-state index < -0.39 is 0 Å². The third kappa shape index (κ3) is 3.88. The number of carbonyl (C=O) groups excluding carboxylic acids is 1. The van der Waals surface area contributed by atoms with Crippen molar-refractivity contribution in [2.75, 3.05) is 18.4 Å². The van der Waals surface area contributed by atoms with Gasteiger partial charge in [-0.15, -0.1) is 5.10 Å². The summed E-state index contributed by atoms with van der Waals surface area (Å²) in [5.41, 5.74) is 1.68. The van der Waals surface area contributed by atoms with Crippen molar-refractivity contribution in [3.63, 3.8) is 0 Å². The van der Waals surface area contributed by atoms with Crippen molar-refractivity contribution in [3.05, 3.63) is 11.4 Å². The molecule has 0 bridgehead atoms. The average molecular weight is 209 g/mol. The van der Waals surface area contributed by atoms with Gasteiger partial charge < -0.3 is 10.6 Å². The molecule has 0 atom stereocenters. The molecule has 0 fully saturated rings. The SMILES string of the molecule is CC(=O)NCCNc1nnc(C)c(C)n1. The quantitative estimate of drug-likeness (QED) is 0.684. The second kappa shape index (κ2) is 5.23. The number of aryl methyl sites for hydroxylation is 2. The van der Waals surface area contributed by atoms with E-state index >= 15 is 0 Å². The van der Waals surface area contributed by atoms with Crippen LogP contribution in [0.1, 0.15) is 18.3 Å². The predicted molar refractivity (Wildman–Crippen MR) is 56.5 cm³/mol. The molecule has 2 N–H and O–H groups in total. The summed E-state index contributed by atoms with van der Waals surface area (Å²) in [6.07, 6.45) is 0. The van der Waals surface area contributed by atoms with E-state index in [1.807, 2.05) is 13.8 Å². The highest BCUT2D eigenvalue weighted by atomic mass is 16.1. The van der Waals surface area contributed by atoms with Gasteiger partial charge in [0, 0.05) is 20.0 Å². The molecule has 6 heteroatoms. The summed E-state index contributed by atoms with van der Waals surface area (Å²) in [6, 6.07) is 0. The largest absolute Gasteiger partial charge is 0.355 e. The monoisotopic (exact) mass is 209 g/mol. The summed E-state index contributed by atoms with van der Waals surface area (Å²) in [5, 5.41) is 13.4. The lowest BCUT2D eigenvalue weighted by Gasteiger charge is -2.05. The van der Waals surface area contributed by atoms with Gasteiger partial charge in [0.25, 0.3) is 0 Å². The van der Waals surface area contributed by atoms with E-state index in [0.717, 1.165) is 11.4 Å². The zero-order chi connectivity index (χ0) is 11.3. The van der Waals surface area contributed by atoms with Gasteiger partial charge in [0.2, 0.25) is 11.9 Å². The van der Waals surface area contributed by atoms with Crippen LogP contribution in [-0.4, -0.2) is 34.2 Å². The Morgan fingerprint density at radius 3 is 2.53 bits per heavy atom. The first-order chi connectivity index (χ1) is 7.09. The topological polar surface area (TPSA) is 79.8 Å². The van der Waals surface area contributed by atoms with Gasteiger partial charge >= 0.3 is 0 Å². The molecule has 0 aromatic carbocycles. The summed E-state index contributed by atoms with van der Waals surface area (Å²) >= 11 is 0. The first kappa shape index (κ1) is 11.4. The van der Waals surface area contributed by atoms with Gasteiger partial charge in [-0.25, -0.2) is 4.98 Å². The molecule has 1 aromatic heterocycles. The Bertz CT molecular complexity index is 352. The third-order valence-corrected chi connectivity index (χ3v) is 1.87. The lowest BCUT2D eigenvalue weighted by atomic mass is 10.4. The smallest absolute Gasteiger partial charge is 0.243 e.